The summed E-state index contributed by atoms with van der Waals surface area (Å²) >= 11 is 1.72. The van der Waals surface area contributed by atoms with Crippen LogP contribution in [-0.4, -0.2) is 45.3 Å². The van der Waals surface area contributed by atoms with Crippen molar-refractivity contribution in [3.8, 4) is 0 Å². The lowest BCUT2D eigenvalue weighted by Gasteiger charge is -2.11. The van der Waals surface area contributed by atoms with Crippen LogP contribution in [-0.2, 0) is 22.7 Å². The highest BCUT2D eigenvalue weighted by atomic mass is 32.2. The van der Waals surface area contributed by atoms with Crippen molar-refractivity contribution in [3.63, 3.8) is 0 Å². The highest BCUT2D eigenvalue weighted by Gasteiger charge is 2.13. The molecule has 0 aliphatic heterocycles. The van der Waals surface area contributed by atoms with Crippen LogP contribution in [0.3, 0.4) is 0 Å². The fourth-order valence-electron chi connectivity index (χ4n) is 2.18. The number of nitrogens with zero attached hydrogens (tertiary/aromatic N) is 2. The van der Waals surface area contributed by atoms with Gasteiger partial charge in [-0.3, -0.25) is 4.99 Å². The molecular weight excluding hydrogens is 356 g/mol. The molecule has 1 aromatic carbocycles. The zero-order chi connectivity index (χ0) is 18.1. The van der Waals surface area contributed by atoms with Crippen LogP contribution in [0, 0.1) is 0 Å². The van der Waals surface area contributed by atoms with Crippen LogP contribution in [0.25, 0.3) is 0 Å². The molecule has 2 N–H and O–H groups in total. The predicted octanol–water partition coefficient (Wildman–Crippen LogP) is 1.89. The van der Waals surface area contributed by atoms with E-state index in [2.05, 4.69) is 27.5 Å². The van der Waals surface area contributed by atoms with Gasteiger partial charge in [-0.25, -0.2) is 13.4 Å². The Morgan fingerprint density at radius 3 is 2.56 bits per heavy atom. The monoisotopic (exact) mass is 380 g/mol. The Labute approximate surface area is 153 Å². The molecule has 0 saturated carbocycles. The van der Waals surface area contributed by atoms with Crippen molar-refractivity contribution in [2.24, 2.45) is 4.99 Å². The smallest absolute Gasteiger partial charge is 0.191 e. The number of hydrogen-bond donors (Lipinski definition) is 2. The molecular formula is C17H24N4O2S2. The van der Waals surface area contributed by atoms with E-state index in [4.69, 9.17) is 0 Å². The number of guanidine groups is 1. The molecule has 1 heterocycles. The third kappa shape index (κ3) is 6.13. The number of aliphatic imine (C=N–C) groups is 1. The largest absolute Gasteiger partial charge is 0.356 e. The summed E-state index contributed by atoms with van der Waals surface area (Å²) in [5.41, 5.74) is 0. The van der Waals surface area contributed by atoms with Gasteiger partial charge in [-0.15, -0.1) is 11.3 Å². The van der Waals surface area contributed by atoms with Crippen molar-refractivity contribution < 1.29 is 8.42 Å². The van der Waals surface area contributed by atoms with Gasteiger partial charge in [-0.05, 0) is 18.6 Å². The van der Waals surface area contributed by atoms with Gasteiger partial charge >= 0.3 is 0 Å². The number of rotatable bonds is 8. The highest BCUT2D eigenvalue weighted by molar-refractivity contribution is 7.91. The van der Waals surface area contributed by atoms with Gasteiger partial charge in [0, 0.05) is 37.6 Å². The minimum atomic E-state index is -3.28. The van der Waals surface area contributed by atoms with Crippen LogP contribution in [0.1, 0.15) is 16.8 Å². The highest BCUT2D eigenvalue weighted by Crippen LogP contribution is 2.13. The van der Waals surface area contributed by atoms with Crippen LogP contribution >= 0.6 is 11.3 Å². The number of benzene rings is 1. The fraction of sp³-hybridized carbons (Fsp3) is 0.412. The molecule has 2 rings (SSSR count). The lowest BCUT2D eigenvalue weighted by Crippen LogP contribution is -2.40. The van der Waals surface area contributed by atoms with E-state index < -0.39 is 9.84 Å². The van der Waals surface area contributed by atoms with Crippen LogP contribution < -0.4 is 10.6 Å². The average Bonchev–Trinajstić information content (AvgIpc) is 3.09. The molecule has 0 bridgehead atoms. The quantitative estimate of drug-likeness (QED) is 0.540. The van der Waals surface area contributed by atoms with Crippen molar-refractivity contribution in [1.82, 2.24) is 15.6 Å². The summed E-state index contributed by atoms with van der Waals surface area (Å²) in [6.45, 7) is 3.11. The minimum Gasteiger partial charge on any atom is -0.356 e. The number of aromatic nitrogens is 1. The zero-order valence-corrected chi connectivity index (χ0v) is 16.2. The minimum absolute atomic E-state index is 0.0179. The summed E-state index contributed by atoms with van der Waals surface area (Å²) in [6, 6.07) is 8.48. The summed E-state index contributed by atoms with van der Waals surface area (Å²) in [7, 11) is -1.62. The molecule has 0 saturated heterocycles. The zero-order valence-electron chi connectivity index (χ0n) is 14.5. The molecule has 0 amide bonds. The molecule has 1 aromatic heterocycles. The van der Waals surface area contributed by atoms with Gasteiger partial charge in [0.05, 0.1) is 15.7 Å². The normalized spacial score (nSPS) is 12.2. The van der Waals surface area contributed by atoms with Gasteiger partial charge in [0.25, 0.3) is 0 Å². The summed E-state index contributed by atoms with van der Waals surface area (Å²) in [4.78, 5) is 10.1. The van der Waals surface area contributed by atoms with Crippen LogP contribution in [0.15, 0.2) is 46.4 Å². The second-order valence-corrected chi connectivity index (χ2v) is 8.69. The number of thiazole rings is 1. The maximum Gasteiger partial charge on any atom is 0.191 e. The Kier molecular flexibility index (Phi) is 7.39. The van der Waals surface area contributed by atoms with Gasteiger partial charge < -0.3 is 10.6 Å². The SMILES string of the molecule is CCc1cnc(CCNC(=NC)NCCS(=O)(=O)c2ccccc2)s1. The molecule has 0 spiro atoms. The standard InChI is InChI=1S/C17H24N4O2S2/c1-3-14-13-21-16(24-14)9-10-19-17(18-2)20-11-12-25(22,23)15-7-5-4-6-8-15/h4-8,13H,3,9-12H2,1-2H3,(H2,18,19,20). The molecule has 136 valence electrons. The van der Waals surface area contributed by atoms with Crippen LogP contribution in [0.4, 0.5) is 0 Å². The van der Waals surface area contributed by atoms with E-state index in [0.717, 1.165) is 17.8 Å². The Balaban J connectivity index is 1.75. The Bertz CT molecular complexity index is 786. The van der Waals surface area contributed by atoms with Gasteiger partial charge in [-0.1, -0.05) is 25.1 Å². The van der Waals surface area contributed by atoms with Crippen LogP contribution in [0.2, 0.25) is 0 Å². The second kappa shape index (κ2) is 9.53. The third-order valence-corrected chi connectivity index (χ3v) is 6.50. The molecule has 0 atom stereocenters. The van der Waals surface area contributed by atoms with Gasteiger partial charge in [0.15, 0.2) is 15.8 Å². The summed E-state index contributed by atoms with van der Waals surface area (Å²) < 4.78 is 24.4. The van der Waals surface area contributed by atoms with Crippen molar-refractivity contribution in [2.75, 3.05) is 25.9 Å². The van der Waals surface area contributed by atoms with Gasteiger partial charge in [-0.2, -0.15) is 0 Å². The first-order valence-corrected chi connectivity index (χ1v) is 10.7. The molecule has 25 heavy (non-hydrogen) atoms. The molecule has 0 aliphatic carbocycles. The first-order chi connectivity index (χ1) is 12.0. The van der Waals surface area contributed by atoms with Gasteiger partial charge in [0.2, 0.25) is 0 Å². The second-order valence-electron chi connectivity index (χ2n) is 5.38. The molecule has 2 aromatic rings. The van der Waals surface area contributed by atoms with E-state index in [0.29, 0.717) is 23.9 Å². The van der Waals surface area contributed by atoms with E-state index in [9.17, 15) is 8.42 Å². The summed E-state index contributed by atoms with van der Waals surface area (Å²) in [5, 5.41) is 7.31. The van der Waals surface area contributed by atoms with Crippen molar-refractivity contribution in [1.29, 1.82) is 0 Å². The average molecular weight is 381 g/mol. The van der Waals surface area contributed by atoms with Crippen molar-refractivity contribution in [3.05, 3.63) is 46.4 Å². The molecule has 0 aliphatic rings. The molecule has 0 unspecified atom stereocenters. The first kappa shape index (κ1) is 19.4. The molecule has 8 heteroatoms. The predicted molar refractivity (Wildman–Crippen MR) is 103 cm³/mol. The number of aryl methyl sites for hydroxylation is 1. The number of nitrogens with one attached hydrogen (secondary N) is 2. The van der Waals surface area contributed by atoms with E-state index in [1.54, 1.807) is 48.7 Å². The Hall–Kier alpha value is -1.93. The van der Waals surface area contributed by atoms with E-state index >= 15 is 0 Å². The maximum atomic E-state index is 12.2. The van der Waals surface area contributed by atoms with Crippen molar-refractivity contribution in [2.45, 2.75) is 24.7 Å². The number of hydrogen-bond acceptors (Lipinski definition) is 5. The van der Waals surface area contributed by atoms with E-state index in [1.165, 1.54) is 4.88 Å². The Morgan fingerprint density at radius 1 is 1.20 bits per heavy atom. The lowest BCUT2D eigenvalue weighted by atomic mass is 10.4. The number of sulfone groups is 1. The maximum absolute atomic E-state index is 12.2. The fourth-order valence-corrected chi connectivity index (χ4v) is 4.23. The summed E-state index contributed by atoms with van der Waals surface area (Å²) in [6.07, 6.45) is 3.74. The van der Waals surface area contributed by atoms with Gasteiger partial charge in [0.1, 0.15) is 0 Å². The molecule has 0 fully saturated rings. The van der Waals surface area contributed by atoms with E-state index in [-0.39, 0.29) is 5.75 Å². The molecule has 0 radical (unpaired) electrons. The molecule has 6 nitrogen and oxygen atoms in total. The van der Waals surface area contributed by atoms with Crippen LogP contribution in [0.5, 0.6) is 0 Å². The topological polar surface area (TPSA) is 83.4 Å². The van der Waals surface area contributed by atoms with Crippen molar-refractivity contribution >= 4 is 27.1 Å². The Morgan fingerprint density at radius 2 is 1.92 bits per heavy atom. The first-order valence-electron chi connectivity index (χ1n) is 8.21. The summed E-state index contributed by atoms with van der Waals surface area (Å²) in [5.74, 6) is 0.611. The van der Waals surface area contributed by atoms with E-state index in [1.807, 2.05) is 6.20 Å². The third-order valence-electron chi connectivity index (χ3n) is 3.57. The lowest BCUT2D eigenvalue weighted by molar-refractivity contribution is 0.594.